The van der Waals surface area contributed by atoms with Gasteiger partial charge in [0.15, 0.2) is 0 Å². The van der Waals surface area contributed by atoms with Crippen molar-refractivity contribution >= 4 is 0 Å². The minimum absolute atomic E-state index is 0.570. The number of hydrogen-bond donors (Lipinski definition) is 1. The fourth-order valence-corrected chi connectivity index (χ4v) is 2.14. The van der Waals surface area contributed by atoms with E-state index in [1.165, 1.54) is 25.7 Å². The molecule has 1 atom stereocenters. The summed E-state index contributed by atoms with van der Waals surface area (Å²) in [5.74, 6) is 0.794. The monoisotopic (exact) mass is 229 g/mol. The highest BCUT2D eigenvalue weighted by Gasteiger charge is 2.19. The van der Waals surface area contributed by atoms with Crippen molar-refractivity contribution in [1.82, 2.24) is 4.90 Å². The summed E-state index contributed by atoms with van der Waals surface area (Å²) >= 11 is 0. The first-order chi connectivity index (χ1) is 7.42. The molecule has 0 radical (unpaired) electrons. The maximum atomic E-state index is 9.84. The number of nitrogens with zero attached hydrogens (tertiary/aromatic N) is 1. The maximum absolute atomic E-state index is 9.84. The highest BCUT2D eigenvalue weighted by molar-refractivity contribution is 4.73. The highest BCUT2D eigenvalue weighted by atomic mass is 16.3. The van der Waals surface area contributed by atoms with E-state index in [0.717, 1.165) is 25.6 Å². The van der Waals surface area contributed by atoms with Crippen molar-refractivity contribution in [2.24, 2.45) is 5.92 Å². The van der Waals surface area contributed by atoms with Crippen molar-refractivity contribution < 1.29 is 5.11 Å². The molecule has 98 valence electrons. The Balaban J connectivity index is 4.06. The van der Waals surface area contributed by atoms with Crippen LogP contribution in [0.15, 0.2) is 0 Å². The molecule has 1 N–H and O–H groups in total. The Kier molecular flexibility index (Phi) is 8.04. The molecule has 0 heterocycles. The number of aliphatic hydroxyl groups is 1. The minimum atomic E-state index is -0.570. The molecule has 0 aromatic heterocycles. The second kappa shape index (κ2) is 8.08. The zero-order valence-electron chi connectivity index (χ0n) is 11.9. The molecule has 0 amide bonds. The SMILES string of the molecule is CCCCC(CC)CN(CC)CC(C)(C)O. The van der Waals surface area contributed by atoms with Gasteiger partial charge in [0, 0.05) is 13.1 Å². The molecule has 0 aliphatic rings. The predicted octanol–water partition coefficient (Wildman–Crippen LogP) is 3.30. The van der Waals surface area contributed by atoms with Crippen LogP contribution in [-0.4, -0.2) is 35.2 Å². The topological polar surface area (TPSA) is 23.5 Å². The lowest BCUT2D eigenvalue weighted by molar-refractivity contribution is 0.0320. The molecule has 0 aliphatic carbocycles. The maximum Gasteiger partial charge on any atom is 0.0718 e. The quantitative estimate of drug-likeness (QED) is 0.656. The molecule has 1 unspecified atom stereocenters. The number of rotatable bonds is 9. The summed E-state index contributed by atoms with van der Waals surface area (Å²) in [5, 5.41) is 9.84. The molecule has 0 aromatic carbocycles. The molecule has 0 spiro atoms. The van der Waals surface area contributed by atoms with Crippen molar-refractivity contribution in [2.75, 3.05) is 19.6 Å². The van der Waals surface area contributed by atoms with Gasteiger partial charge in [-0.3, -0.25) is 0 Å². The third-order valence-corrected chi connectivity index (χ3v) is 3.12. The van der Waals surface area contributed by atoms with Gasteiger partial charge in [0.05, 0.1) is 5.60 Å². The van der Waals surface area contributed by atoms with E-state index in [1.54, 1.807) is 0 Å². The minimum Gasteiger partial charge on any atom is -0.389 e. The molecule has 2 heteroatoms. The van der Waals surface area contributed by atoms with Crippen molar-refractivity contribution in [3.05, 3.63) is 0 Å². The highest BCUT2D eigenvalue weighted by Crippen LogP contribution is 2.15. The number of hydrogen-bond acceptors (Lipinski definition) is 2. The van der Waals surface area contributed by atoms with Crippen LogP contribution < -0.4 is 0 Å². The number of unbranched alkanes of at least 4 members (excludes halogenated alkanes) is 1. The van der Waals surface area contributed by atoms with Crippen molar-refractivity contribution in [2.45, 2.75) is 65.9 Å². The van der Waals surface area contributed by atoms with Gasteiger partial charge in [-0.2, -0.15) is 0 Å². The molecule has 0 aromatic rings. The molecule has 0 saturated heterocycles. The Morgan fingerprint density at radius 1 is 1.19 bits per heavy atom. The average molecular weight is 229 g/mol. The summed E-state index contributed by atoms with van der Waals surface area (Å²) < 4.78 is 0. The zero-order valence-corrected chi connectivity index (χ0v) is 11.9. The van der Waals surface area contributed by atoms with Crippen LogP contribution in [0.4, 0.5) is 0 Å². The predicted molar refractivity (Wildman–Crippen MR) is 71.7 cm³/mol. The smallest absolute Gasteiger partial charge is 0.0718 e. The van der Waals surface area contributed by atoms with Gasteiger partial charge in [0.25, 0.3) is 0 Å². The summed E-state index contributed by atoms with van der Waals surface area (Å²) in [6, 6.07) is 0. The largest absolute Gasteiger partial charge is 0.389 e. The van der Waals surface area contributed by atoms with Gasteiger partial charge in [-0.1, -0.05) is 40.0 Å². The van der Waals surface area contributed by atoms with E-state index < -0.39 is 5.60 Å². The first-order valence-electron chi connectivity index (χ1n) is 6.87. The molecular weight excluding hydrogens is 198 g/mol. The zero-order chi connectivity index (χ0) is 12.6. The lowest BCUT2D eigenvalue weighted by Crippen LogP contribution is -2.40. The summed E-state index contributed by atoms with van der Waals surface area (Å²) in [5.41, 5.74) is -0.570. The van der Waals surface area contributed by atoms with Gasteiger partial charge in [-0.05, 0) is 32.7 Å². The third-order valence-electron chi connectivity index (χ3n) is 3.12. The van der Waals surface area contributed by atoms with E-state index in [4.69, 9.17) is 0 Å². The second-order valence-electron chi connectivity index (χ2n) is 5.56. The van der Waals surface area contributed by atoms with Gasteiger partial charge >= 0.3 is 0 Å². The molecule has 0 rings (SSSR count). The van der Waals surface area contributed by atoms with E-state index in [0.29, 0.717) is 0 Å². The summed E-state index contributed by atoms with van der Waals surface area (Å²) in [4.78, 5) is 2.38. The van der Waals surface area contributed by atoms with Crippen molar-refractivity contribution in [1.29, 1.82) is 0 Å². The molecule has 0 aliphatic heterocycles. The standard InChI is InChI=1S/C14H31NO/c1-6-9-10-13(7-2)11-15(8-3)12-14(4,5)16/h13,16H,6-12H2,1-5H3. The Hall–Kier alpha value is -0.0800. The van der Waals surface area contributed by atoms with Crippen molar-refractivity contribution in [3.8, 4) is 0 Å². The molecule has 16 heavy (non-hydrogen) atoms. The van der Waals surface area contributed by atoms with Gasteiger partial charge < -0.3 is 10.0 Å². The van der Waals surface area contributed by atoms with Gasteiger partial charge in [-0.15, -0.1) is 0 Å². The van der Waals surface area contributed by atoms with Gasteiger partial charge in [-0.25, -0.2) is 0 Å². The second-order valence-corrected chi connectivity index (χ2v) is 5.56. The first kappa shape index (κ1) is 15.9. The molecule has 0 bridgehead atoms. The van der Waals surface area contributed by atoms with Crippen molar-refractivity contribution in [3.63, 3.8) is 0 Å². The Bertz CT molecular complexity index is 163. The fraction of sp³-hybridized carbons (Fsp3) is 1.00. The van der Waals surface area contributed by atoms with Crippen LogP contribution in [0.1, 0.15) is 60.3 Å². The average Bonchev–Trinajstić information content (AvgIpc) is 2.20. The van der Waals surface area contributed by atoms with Crippen LogP contribution in [0, 0.1) is 5.92 Å². The van der Waals surface area contributed by atoms with E-state index in [9.17, 15) is 5.11 Å². The van der Waals surface area contributed by atoms with E-state index in [-0.39, 0.29) is 0 Å². The molecular formula is C14H31NO. The normalized spacial score (nSPS) is 14.4. The van der Waals surface area contributed by atoms with Gasteiger partial charge in [0.1, 0.15) is 0 Å². The first-order valence-corrected chi connectivity index (χ1v) is 6.87. The Labute approximate surface area is 102 Å². The Morgan fingerprint density at radius 3 is 2.19 bits per heavy atom. The summed E-state index contributed by atoms with van der Waals surface area (Å²) in [7, 11) is 0. The fourth-order valence-electron chi connectivity index (χ4n) is 2.14. The van der Waals surface area contributed by atoms with E-state index in [2.05, 4.69) is 25.7 Å². The van der Waals surface area contributed by atoms with Crippen LogP contribution in [0.3, 0.4) is 0 Å². The van der Waals surface area contributed by atoms with Crippen LogP contribution in [0.5, 0.6) is 0 Å². The third kappa shape index (κ3) is 8.12. The van der Waals surface area contributed by atoms with E-state index in [1.807, 2.05) is 13.8 Å². The lowest BCUT2D eigenvalue weighted by atomic mass is 9.98. The molecule has 0 fully saturated rings. The summed E-state index contributed by atoms with van der Waals surface area (Å²) in [6.45, 7) is 13.4. The molecule has 2 nitrogen and oxygen atoms in total. The van der Waals surface area contributed by atoms with Gasteiger partial charge in [0.2, 0.25) is 0 Å². The Morgan fingerprint density at radius 2 is 1.81 bits per heavy atom. The lowest BCUT2D eigenvalue weighted by Gasteiger charge is -2.31. The van der Waals surface area contributed by atoms with Crippen LogP contribution >= 0.6 is 0 Å². The number of likely N-dealkylation sites (N-methyl/N-ethyl adjacent to an activating group) is 1. The molecule has 0 saturated carbocycles. The van der Waals surface area contributed by atoms with Crippen LogP contribution in [0.2, 0.25) is 0 Å². The summed E-state index contributed by atoms with van der Waals surface area (Å²) in [6.07, 6.45) is 5.20. The van der Waals surface area contributed by atoms with Crippen LogP contribution in [0.25, 0.3) is 0 Å². The van der Waals surface area contributed by atoms with Crippen LogP contribution in [-0.2, 0) is 0 Å². The van der Waals surface area contributed by atoms with E-state index >= 15 is 0 Å².